The number of hydrogen-bond donors (Lipinski definition) is 2. The van der Waals surface area contributed by atoms with Crippen LogP contribution in [0.25, 0.3) is 22.6 Å². The largest absolute Gasteiger partial charge is 0.342 e. The lowest BCUT2D eigenvalue weighted by atomic mass is 9.99. The van der Waals surface area contributed by atoms with E-state index in [1.807, 2.05) is 19.9 Å². The number of rotatable bonds is 3. The summed E-state index contributed by atoms with van der Waals surface area (Å²) >= 11 is 0. The summed E-state index contributed by atoms with van der Waals surface area (Å²) < 4.78 is 0. The summed E-state index contributed by atoms with van der Waals surface area (Å²) in [5, 5.41) is 8.57. The highest BCUT2D eigenvalue weighted by Gasteiger charge is 2.24. The topological polar surface area (TPSA) is 79.4 Å². The smallest absolute Gasteiger partial charge is 0.138 e. The molecule has 2 unspecified atom stereocenters. The van der Waals surface area contributed by atoms with Crippen molar-refractivity contribution in [3.63, 3.8) is 0 Å². The molecule has 5 heteroatoms. The van der Waals surface area contributed by atoms with Crippen molar-refractivity contribution in [1.29, 1.82) is 0 Å². The summed E-state index contributed by atoms with van der Waals surface area (Å²) in [5.41, 5.74) is 13.3. The third kappa shape index (κ3) is 2.76. The maximum atomic E-state index is 5.99. The standard InChI is InChI=1S/C20H21N5/c1-11-4-6-14(7-5-11)19-13(3)22-20(23-19)15-8-9-16-17(10-15)24-25-18(16)12(2)21/h4-10,12,18H,21H2,1-3H3,(H,22,23). The number of fused-ring (bicyclic) bond motifs is 1. The van der Waals surface area contributed by atoms with Gasteiger partial charge in [0.2, 0.25) is 0 Å². The predicted molar refractivity (Wildman–Crippen MR) is 99.8 cm³/mol. The number of nitrogens with two attached hydrogens (primary N) is 1. The molecule has 1 aliphatic heterocycles. The van der Waals surface area contributed by atoms with Crippen molar-refractivity contribution in [3.05, 3.63) is 59.3 Å². The molecule has 25 heavy (non-hydrogen) atoms. The molecule has 0 saturated heterocycles. The monoisotopic (exact) mass is 331 g/mol. The minimum Gasteiger partial charge on any atom is -0.342 e. The fourth-order valence-electron chi connectivity index (χ4n) is 3.19. The first-order chi connectivity index (χ1) is 12.0. The lowest BCUT2D eigenvalue weighted by Crippen LogP contribution is -2.21. The minimum atomic E-state index is -0.0505. The Hall–Kier alpha value is -2.79. The van der Waals surface area contributed by atoms with Crippen molar-refractivity contribution in [3.8, 4) is 22.6 Å². The summed E-state index contributed by atoms with van der Waals surface area (Å²) in [6.07, 6.45) is 0. The van der Waals surface area contributed by atoms with E-state index in [2.05, 4.69) is 58.5 Å². The number of benzene rings is 2. The van der Waals surface area contributed by atoms with Gasteiger partial charge in [0.05, 0.1) is 11.4 Å². The quantitative estimate of drug-likeness (QED) is 0.719. The third-order valence-corrected chi connectivity index (χ3v) is 4.62. The molecule has 1 aliphatic rings. The Morgan fingerprint density at radius 1 is 1.04 bits per heavy atom. The number of nitrogens with zero attached hydrogens (tertiary/aromatic N) is 3. The summed E-state index contributed by atoms with van der Waals surface area (Å²) in [4.78, 5) is 8.20. The maximum Gasteiger partial charge on any atom is 0.138 e. The number of aryl methyl sites for hydroxylation is 2. The van der Waals surface area contributed by atoms with Crippen molar-refractivity contribution in [1.82, 2.24) is 9.97 Å². The van der Waals surface area contributed by atoms with E-state index in [0.717, 1.165) is 39.6 Å². The van der Waals surface area contributed by atoms with Crippen LogP contribution in [0.4, 0.5) is 5.69 Å². The van der Waals surface area contributed by atoms with E-state index in [-0.39, 0.29) is 12.1 Å². The molecule has 5 nitrogen and oxygen atoms in total. The fraction of sp³-hybridized carbons (Fsp3) is 0.250. The fourth-order valence-corrected chi connectivity index (χ4v) is 3.19. The normalized spacial score (nSPS) is 16.9. The Morgan fingerprint density at radius 2 is 1.76 bits per heavy atom. The molecular formula is C20H21N5. The van der Waals surface area contributed by atoms with Crippen molar-refractivity contribution >= 4 is 5.69 Å². The van der Waals surface area contributed by atoms with Gasteiger partial charge in [-0.15, -0.1) is 0 Å². The first kappa shape index (κ1) is 15.7. The first-order valence-corrected chi connectivity index (χ1v) is 8.47. The zero-order chi connectivity index (χ0) is 17.6. The third-order valence-electron chi connectivity index (χ3n) is 4.62. The average Bonchev–Trinajstić information content (AvgIpc) is 3.18. The van der Waals surface area contributed by atoms with Gasteiger partial charge in [-0.05, 0) is 26.8 Å². The molecule has 2 atom stereocenters. The molecule has 0 aliphatic carbocycles. The highest BCUT2D eigenvalue weighted by atomic mass is 15.2. The summed E-state index contributed by atoms with van der Waals surface area (Å²) in [7, 11) is 0. The summed E-state index contributed by atoms with van der Waals surface area (Å²) in [5.74, 6) is 0.843. The van der Waals surface area contributed by atoms with Crippen LogP contribution < -0.4 is 5.73 Å². The molecular weight excluding hydrogens is 310 g/mol. The Labute approximate surface area is 147 Å². The molecule has 0 fully saturated rings. The molecule has 2 aromatic carbocycles. The Morgan fingerprint density at radius 3 is 2.48 bits per heavy atom. The summed E-state index contributed by atoms with van der Waals surface area (Å²) in [6.45, 7) is 6.09. The van der Waals surface area contributed by atoms with Gasteiger partial charge in [-0.25, -0.2) is 4.98 Å². The number of imidazole rings is 1. The predicted octanol–water partition coefficient (Wildman–Crippen LogP) is 4.85. The van der Waals surface area contributed by atoms with Gasteiger partial charge < -0.3 is 10.7 Å². The molecule has 0 amide bonds. The van der Waals surface area contributed by atoms with Crippen molar-refractivity contribution < 1.29 is 0 Å². The lowest BCUT2D eigenvalue weighted by molar-refractivity contribution is 0.589. The SMILES string of the molecule is Cc1ccc(-c2nc(-c3ccc4c(c3)N=NC4C(C)N)[nH]c2C)cc1. The van der Waals surface area contributed by atoms with Gasteiger partial charge in [-0.3, -0.25) is 0 Å². The molecule has 0 saturated carbocycles. The van der Waals surface area contributed by atoms with Crippen LogP contribution in [0.2, 0.25) is 0 Å². The average molecular weight is 331 g/mol. The minimum absolute atomic E-state index is 0.0464. The van der Waals surface area contributed by atoms with E-state index in [1.165, 1.54) is 5.56 Å². The molecule has 126 valence electrons. The zero-order valence-electron chi connectivity index (χ0n) is 14.6. The van der Waals surface area contributed by atoms with Crippen molar-refractivity contribution in [2.24, 2.45) is 16.0 Å². The second-order valence-corrected chi connectivity index (χ2v) is 6.72. The van der Waals surface area contributed by atoms with E-state index in [0.29, 0.717) is 0 Å². The van der Waals surface area contributed by atoms with Gasteiger partial charge >= 0.3 is 0 Å². The number of aromatic nitrogens is 2. The molecule has 0 radical (unpaired) electrons. The van der Waals surface area contributed by atoms with E-state index >= 15 is 0 Å². The van der Waals surface area contributed by atoms with Gasteiger partial charge in [0.15, 0.2) is 0 Å². The van der Waals surface area contributed by atoms with E-state index in [9.17, 15) is 0 Å². The van der Waals surface area contributed by atoms with Crippen LogP contribution in [0.1, 0.15) is 29.8 Å². The molecule has 0 bridgehead atoms. The van der Waals surface area contributed by atoms with Gasteiger partial charge in [0.25, 0.3) is 0 Å². The maximum absolute atomic E-state index is 5.99. The molecule has 0 spiro atoms. The molecule has 3 N–H and O–H groups in total. The van der Waals surface area contributed by atoms with Crippen LogP contribution >= 0.6 is 0 Å². The van der Waals surface area contributed by atoms with E-state index in [4.69, 9.17) is 10.7 Å². The van der Waals surface area contributed by atoms with Gasteiger partial charge in [0.1, 0.15) is 11.9 Å². The molecule has 2 heterocycles. The van der Waals surface area contributed by atoms with Gasteiger partial charge in [-0.1, -0.05) is 42.0 Å². The highest BCUT2D eigenvalue weighted by Crippen LogP contribution is 2.39. The Bertz CT molecular complexity index is 951. The first-order valence-electron chi connectivity index (χ1n) is 8.47. The number of azo groups is 1. The van der Waals surface area contributed by atoms with Gasteiger partial charge in [0, 0.05) is 28.4 Å². The number of nitrogens with one attached hydrogen (secondary N) is 1. The van der Waals surface area contributed by atoms with Crippen LogP contribution in [-0.4, -0.2) is 16.0 Å². The second-order valence-electron chi connectivity index (χ2n) is 6.72. The van der Waals surface area contributed by atoms with Crippen molar-refractivity contribution in [2.75, 3.05) is 0 Å². The van der Waals surface area contributed by atoms with Crippen molar-refractivity contribution in [2.45, 2.75) is 32.9 Å². The van der Waals surface area contributed by atoms with Crippen LogP contribution in [-0.2, 0) is 0 Å². The van der Waals surface area contributed by atoms with E-state index in [1.54, 1.807) is 0 Å². The molecule has 3 aromatic rings. The molecule has 1 aromatic heterocycles. The highest BCUT2D eigenvalue weighted by molar-refractivity contribution is 5.70. The van der Waals surface area contributed by atoms with E-state index < -0.39 is 0 Å². The van der Waals surface area contributed by atoms with Gasteiger partial charge in [-0.2, -0.15) is 10.2 Å². The molecule has 4 rings (SSSR count). The van der Waals surface area contributed by atoms with Crippen LogP contribution in [0.3, 0.4) is 0 Å². The van der Waals surface area contributed by atoms with Crippen LogP contribution in [0.5, 0.6) is 0 Å². The number of H-pyrrole nitrogens is 1. The van der Waals surface area contributed by atoms with Crippen LogP contribution in [0, 0.1) is 13.8 Å². The zero-order valence-corrected chi connectivity index (χ0v) is 14.6. The number of aromatic amines is 1. The summed E-state index contributed by atoms with van der Waals surface area (Å²) in [6, 6.07) is 14.5. The Kier molecular flexibility index (Phi) is 3.73. The Balaban J connectivity index is 1.71. The number of hydrogen-bond acceptors (Lipinski definition) is 4. The lowest BCUT2D eigenvalue weighted by Gasteiger charge is -2.11. The van der Waals surface area contributed by atoms with Crippen LogP contribution in [0.15, 0.2) is 52.7 Å². The second kappa shape index (κ2) is 5.93.